The van der Waals surface area contributed by atoms with Crippen molar-refractivity contribution in [1.82, 2.24) is 14.9 Å². The summed E-state index contributed by atoms with van der Waals surface area (Å²) in [5.74, 6) is 0.564. The number of likely N-dealkylation sites (tertiary alicyclic amines) is 1. The van der Waals surface area contributed by atoms with Gasteiger partial charge in [0.25, 0.3) is 0 Å². The molecule has 1 aromatic heterocycles. The summed E-state index contributed by atoms with van der Waals surface area (Å²) >= 11 is 12.4. The lowest BCUT2D eigenvalue weighted by Gasteiger charge is -2.34. The summed E-state index contributed by atoms with van der Waals surface area (Å²) in [6, 6.07) is 20.0. The summed E-state index contributed by atoms with van der Waals surface area (Å²) in [5, 5.41) is 17.9. The van der Waals surface area contributed by atoms with Crippen molar-refractivity contribution in [3.8, 4) is 6.01 Å². The number of halogens is 2. The molecule has 3 aromatic carbocycles. The van der Waals surface area contributed by atoms with Crippen LogP contribution in [0.5, 0.6) is 6.01 Å². The number of hydrogen-bond acceptors (Lipinski definition) is 8. The predicted octanol–water partition coefficient (Wildman–Crippen LogP) is 6.37. The Bertz CT molecular complexity index is 1560. The lowest BCUT2D eigenvalue weighted by Crippen LogP contribution is -2.44. The molecule has 44 heavy (non-hydrogen) atoms. The van der Waals surface area contributed by atoms with Crippen LogP contribution >= 0.6 is 23.2 Å². The Morgan fingerprint density at radius 2 is 1.52 bits per heavy atom. The number of nitrogens with one attached hydrogen (secondary N) is 1. The van der Waals surface area contributed by atoms with Gasteiger partial charge in [0.2, 0.25) is 0 Å². The number of fused-ring (bicyclic) bond motifs is 1. The quantitative estimate of drug-likeness (QED) is 0.190. The van der Waals surface area contributed by atoms with E-state index < -0.39 is 11.2 Å². The SMILES string of the molecule is CC(C)(C)OC(=O)N1CCC(Nc2nc(OCCN)nc3ccc(C(O)(c4ccc(Cl)cc4)c4ccc(Cl)cc4)cc23)CC1. The maximum Gasteiger partial charge on any atom is 0.410 e. The summed E-state index contributed by atoms with van der Waals surface area (Å²) < 4.78 is 11.3. The number of nitrogens with zero attached hydrogens (tertiary/aromatic N) is 3. The standard InChI is InChI=1S/C33H37Cl2N5O4/c1-32(2,3)44-31(41)40-17-14-26(15-18-40)37-29-27-20-23(8-13-28(27)38-30(39-29)43-19-16-36)33(42,21-4-9-24(34)10-5-21)22-6-11-25(35)12-7-22/h4-13,20,26,42H,14-19,36H2,1-3H3,(H,37,38,39). The average molecular weight is 639 g/mol. The minimum absolute atomic E-state index is 0.0317. The first-order valence-corrected chi connectivity index (χ1v) is 15.4. The number of ether oxygens (including phenoxy) is 2. The van der Waals surface area contributed by atoms with E-state index in [2.05, 4.69) is 10.3 Å². The lowest BCUT2D eigenvalue weighted by molar-refractivity contribution is 0.0210. The van der Waals surface area contributed by atoms with E-state index in [9.17, 15) is 9.90 Å². The van der Waals surface area contributed by atoms with Gasteiger partial charge in [-0.25, -0.2) is 4.79 Å². The highest BCUT2D eigenvalue weighted by Gasteiger charge is 2.35. The number of rotatable bonds is 8. The molecule has 11 heteroatoms. The maximum absolute atomic E-state index is 12.6. The van der Waals surface area contributed by atoms with Crippen LogP contribution < -0.4 is 15.8 Å². The second kappa shape index (κ2) is 13.2. The van der Waals surface area contributed by atoms with Crippen molar-refractivity contribution in [1.29, 1.82) is 0 Å². The van der Waals surface area contributed by atoms with Crippen LogP contribution in [0.2, 0.25) is 10.0 Å². The molecular formula is C33H37Cl2N5O4. The fourth-order valence-corrected chi connectivity index (χ4v) is 5.52. The number of aliphatic hydroxyl groups is 1. The van der Waals surface area contributed by atoms with Crippen molar-refractivity contribution < 1.29 is 19.4 Å². The number of benzene rings is 3. The minimum Gasteiger partial charge on any atom is -0.462 e. The lowest BCUT2D eigenvalue weighted by atomic mass is 9.80. The molecule has 4 aromatic rings. The molecule has 0 atom stereocenters. The smallest absolute Gasteiger partial charge is 0.410 e. The Morgan fingerprint density at radius 1 is 0.955 bits per heavy atom. The third-order valence-corrected chi connectivity index (χ3v) is 7.96. The van der Waals surface area contributed by atoms with Crippen LogP contribution in [0.3, 0.4) is 0 Å². The number of aromatic nitrogens is 2. The van der Waals surface area contributed by atoms with Crippen LogP contribution in [0.25, 0.3) is 10.9 Å². The van der Waals surface area contributed by atoms with Gasteiger partial charge in [0.05, 0.1) is 5.52 Å². The van der Waals surface area contributed by atoms with Crippen molar-refractivity contribution >= 4 is 46.0 Å². The van der Waals surface area contributed by atoms with E-state index >= 15 is 0 Å². The normalized spacial score (nSPS) is 14.5. The Balaban J connectivity index is 1.52. The molecule has 0 spiro atoms. The zero-order valence-corrected chi connectivity index (χ0v) is 26.5. The summed E-state index contributed by atoms with van der Waals surface area (Å²) in [6.45, 7) is 7.26. The second-order valence-corrected chi connectivity index (χ2v) is 12.7. The largest absolute Gasteiger partial charge is 0.462 e. The number of carbonyl (C=O) groups is 1. The number of carbonyl (C=O) groups excluding carboxylic acids is 1. The van der Waals surface area contributed by atoms with Crippen molar-refractivity contribution in [2.24, 2.45) is 5.73 Å². The molecule has 1 saturated heterocycles. The van der Waals surface area contributed by atoms with E-state index in [1.54, 1.807) is 53.4 Å². The van der Waals surface area contributed by atoms with Crippen molar-refractivity contribution in [3.63, 3.8) is 0 Å². The molecule has 1 fully saturated rings. The van der Waals surface area contributed by atoms with Gasteiger partial charge in [-0.2, -0.15) is 9.97 Å². The van der Waals surface area contributed by atoms with Gasteiger partial charge in [0.1, 0.15) is 23.6 Å². The Labute approximate surface area is 267 Å². The first-order chi connectivity index (χ1) is 21.0. The van der Waals surface area contributed by atoms with Crippen LogP contribution in [0, 0.1) is 0 Å². The maximum atomic E-state index is 12.6. The van der Waals surface area contributed by atoms with Gasteiger partial charge in [-0.05, 0) is 86.7 Å². The van der Waals surface area contributed by atoms with E-state index in [1.807, 2.05) is 39.0 Å². The molecule has 0 unspecified atom stereocenters. The molecular weight excluding hydrogens is 601 g/mol. The second-order valence-electron chi connectivity index (χ2n) is 11.8. The van der Waals surface area contributed by atoms with Crippen molar-refractivity contribution in [3.05, 3.63) is 93.5 Å². The van der Waals surface area contributed by atoms with Crippen LogP contribution in [0.15, 0.2) is 66.7 Å². The summed E-state index contributed by atoms with van der Waals surface area (Å²) in [5.41, 5.74) is 6.10. The number of nitrogens with two attached hydrogens (primary N) is 1. The fraction of sp³-hybridized carbons (Fsp3) is 0.364. The Morgan fingerprint density at radius 3 is 2.07 bits per heavy atom. The first-order valence-electron chi connectivity index (χ1n) is 14.6. The molecule has 4 N–H and O–H groups in total. The third kappa shape index (κ3) is 7.18. The molecule has 9 nitrogen and oxygen atoms in total. The average Bonchev–Trinajstić information content (AvgIpc) is 2.99. The van der Waals surface area contributed by atoms with E-state index in [0.717, 1.165) is 0 Å². The zero-order valence-electron chi connectivity index (χ0n) is 25.0. The van der Waals surface area contributed by atoms with Gasteiger partial charge in [-0.3, -0.25) is 0 Å². The van der Waals surface area contributed by atoms with Crippen LogP contribution in [-0.2, 0) is 10.3 Å². The van der Waals surface area contributed by atoms with Gasteiger partial charge >= 0.3 is 12.1 Å². The third-order valence-electron chi connectivity index (χ3n) is 7.45. The van der Waals surface area contributed by atoms with Gasteiger partial charge in [0.15, 0.2) is 0 Å². The highest BCUT2D eigenvalue weighted by Crippen LogP contribution is 2.40. The zero-order chi connectivity index (χ0) is 31.5. The number of anilines is 1. The molecule has 0 bridgehead atoms. The van der Waals surface area contributed by atoms with Crippen LogP contribution in [0.4, 0.5) is 10.6 Å². The molecule has 0 radical (unpaired) electrons. The topological polar surface area (TPSA) is 123 Å². The van der Waals surface area contributed by atoms with Crippen molar-refractivity contribution in [2.45, 2.75) is 50.9 Å². The molecule has 1 aliphatic heterocycles. The minimum atomic E-state index is -1.53. The monoisotopic (exact) mass is 637 g/mol. The van der Waals surface area contributed by atoms with Gasteiger partial charge in [-0.1, -0.05) is 53.5 Å². The predicted molar refractivity (Wildman–Crippen MR) is 174 cm³/mol. The summed E-state index contributed by atoms with van der Waals surface area (Å²) in [4.78, 5) is 23.6. The van der Waals surface area contributed by atoms with Gasteiger partial charge < -0.3 is 30.5 Å². The molecule has 2 heterocycles. The van der Waals surface area contributed by atoms with E-state index in [1.165, 1.54) is 0 Å². The van der Waals surface area contributed by atoms with E-state index in [4.69, 9.17) is 43.4 Å². The summed E-state index contributed by atoms with van der Waals surface area (Å²) in [6.07, 6.45) is 1.08. The van der Waals surface area contributed by atoms with E-state index in [-0.39, 0.29) is 24.8 Å². The van der Waals surface area contributed by atoms with Gasteiger partial charge in [0, 0.05) is 41.1 Å². The van der Waals surface area contributed by atoms with Crippen LogP contribution in [0.1, 0.15) is 50.3 Å². The Hall–Kier alpha value is -3.63. The molecule has 232 valence electrons. The number of amides is 1. The molecule has 0 aliphatic carbocycles. The first kappa shape index (κ1) is 31.8. The highest BCUT2D eigenvalue weighted by atomic mass is 35.5. The molecule has 0 saturated carbocycles. The molecule has 5 rings (SSSR count). The Kier molecular flexibility index (Phi) is 9.51. The molecule has 1 amide bonds. The number of piperidine rings is 1. The van der Waals surface area contributed by atoms with Crippen molar-refractivity contribution in [2.75, 3.05) is 31.6 Å². The highest BCUT2D eigenvalue weighted by molar-refractivity contribution is 6.30. The van der Waals surface area contributed by atoms with Gasteiger partial charge in [-0.15, -0.1) is 0 Å². The molecule has 1 aliphatic rings. The fourth-order valence-electron chi connectivity index (χ4n) is 5.27. The summed E-state index contributed by atoms with van der Waals surface area (Å²) in [7, 11) is 0. The number of hydrogen-bond donors (Lipinski definition) is 3. The van der Waals surface area contributed by atoms with Crippen LogP contribution in [-0.4, -0.2) is 64.0 Å². The van der Waals surface area contributed by atoms with E-state index in [0.29, 0.717) is 75.9 Å².